The lowest BCUT2D eigenvalue weighted by Gasteiger charge is -2.09. The number of aryl methyl sites for hydroxylation is 1. The Bertz CT molecular complexity index is 782. The molecule has 3 amide bonds. The summed E-state index contributed by atoms with van der Waals surface area (Å²) in [6.45, 7) is 1.99. The maximum atomic E-state index is 12.1. The van der Waals surface area contributed by atoms with Gasteiger partial charge < -0.3 is 10.1 Å². The molecule has 1 atom stereocenters. The van der Waals surface area contributed by atoms with Gasteiger partial charge in [0.1, 0.15) is 0 Å². The Morgan fingerprint density at radius 2 is 1.75 bits per heavy atom. The molecule has 0 spiro atoms. The number of alkyl carbamates (subject to hydrolysis) is 1. The van der Waals surface area contributed by atoms with Gasteiger partial charge in [-0.3, -0.25) is 14.9 Å². The summed E-state index contributed by atoms with van der Waals surface area (Å²) < 4.78 is 4.88. The molecule has 2 aromatic rings. The van der Waals surface area contributed by atoms with Crippen LogP contribution in [0.15, 0.2) is 48.5 Å². The molecule has 0 aliphatic carbocycles. The van der Waals surface area contributed by atoms with Crippen LogP contribution in [0.1, 0.15) is 22.8 Å². The Labute approximate surface area is 138 Å². The van der Waals surface area contributed by atoms with Gasteiger partial charge in [-0.1, -0.05) is 42.0 Å². The van der Waals surface area contributed by atoms with Crippen molar-refractivity contribution in [3.8, 4) is 0 Å². The lowest BCUT2D eigenvalue weighted by molar-refractivity contribution is -0.123. The van der Waals surface area contributed by atoms with E-state index in [1.54, 1.807) is 24.3 Å². The van der Waals surface area contributed by atoms with Gasteiger partial charge in [-0.05, 0) is 24.6 Å². The van der Waals surface area contributed by atoms with Crippen molar-refractivity contribution >= 4 is 23.6 Å². The summed E-state index contributed by atoms with van der Waals surface area (Å²) in [5, 5.41) is 4.87. The molecule has 6 nitrogen and oxygen atoms in total. The Balaban J connectivity index is 1.61. The maximum Gasteiger partial charge on any atom is 0.415 e. The number of benzene rings is 2. The van der Waals surface area contributed by atoms with Crippen LogP contribution in [0.25, 0.3) is 0 Å². The Morgan fingerprint density at radius 3 is 2.33 bits per heavy atom. The fourth-order valence-corrected chi connectivity index (χ4v) is 2.41. The summed E-state index contributed by atoms with van der Waals surface area (Å²) in [5.41, 5.74) is 3.24. The molecule has 122 valence electrons. The van der Waals surface area contributed by atoms with Gasteiger partial charge in [0, 0.05) is 11.3 Å². The second kappa shape index (κ2) is 6.54. The molecule has 2 aromatic carbocycles. The number of hydrogen-bond acceptors (Lipinski definition) is 4. The monoisotopic (exact) mass is 324 g/mol. The van der Waals surface area contributed by atoms with E-state index in [1.165, 1.54) is 0 Å². The van der Waals surface area contributed by atoms with E-state index >= 15 is 0 Å². The highest BCUT2D eigenvalue weighted by Gasteiger charge is 2.33. The van der Waals surface area contributed by atoms with Crippen LogP contribution in [0.4, 0.5) is 10.5 Å². The summed E-state index contributed by atoms with van der Waals surface area (Å²) in [6.07, 6.45) is -1.40. The summed E-state index contributed by atoms with van der Waals surface area (Å²) in [7, 11) is 0. The Morgan fingerprint density at radius 1 is 1.08 bits per heavy atom. The van der Waals surface area contributed by atoms with Gasteiger partial charge in [0.2, 0.25) is 12.0 Å². The van der Waals surface area contributed by atoms with Gasteiger partial charge in [-0.2, -0.15) is 0 Å². The van der Waals surface area contributed by atoms with Crippen LogP contribution < -0.4 is 10.6 Å². The highest BCUT2D eigenvalue weighted by molar-refractivity contribution is 6.00. The van der Waals surface area contributed by atoms with Crippen LogP contribution in [0.2, 0.25) is 0 Å². The number of carbonyl (C=O) groups is 3. The van der Waals surface area contributed by atoms with E-state index in [2.05, 4.69) is 10.6 Å². The van der Waals surface area contributed by atoms with Crippen LogP contribution in [-0.2, 0) is 20.7 Å². The predicted molar refractivity (Wildman–Crippen MR) is 87.3 cm³/mol. The van der Waals surface area contributed by atoms with Crippen molar-refractivity contribution < 1.29 is 19.1 Å². The number of anilines is 1. The van der Waals surface area contributed by atoms with Crippen LogP contribution in [0.5, 0.6) is 0 Å². The molecule has 1 fully saturated rings. The van der Waals surface area contributed by atoms with Gasteiger partial charge in [0.05, 0.1) is 6.42 Å². The maximum absolute atomic E-state index is 12.1. The van der Waals surface area contributed by atoms with Gasteiger partial charge >= 0.3 is 6.09 Å². The smallest absolute Gasteiger partial charge is 0.415 e. The van der Waals surface area contributed by atoms with Crippen LogP contribution in [0.3, 0.4) is 0 Å². The first-order valence-electron chi connectivity index (χ1n) is 7.48. The van der Waals surface area contributed by atoms with Gasteiger partial charge in [0.25, 0.3) is 5.91 Å². The van der Waals surface area contributed by atoms with Crippen molar-refractivity contribution in [2.75, 3.05) is 5.32 Å². The zero-order chi connectivity index (χ0) is 17.1. The van der Waals surface area contributed by atoms with Crippen LogP contribution in [0, 0.1) is 6.92 Å². The molecular formula is C18H16N2O4. The van der Waals surface area contributed by atoms with E-state index in [9.17, 15) is 14.4 Å². The van der Waals surface area contributed by atoms with E-state index in [0.717, 1.165) is 11.1 Å². The normalized spacial score (nSPS) is 16.5. The highest BCUT2D eigenvalue weighted by atomic mass is 16.6. The van der Waals surface area contributed by atoms with Crippen molar-refractivity contribution in [2.45, 2.75) is 19.4 Å². The minimum atomic E-state index is -0.935. The molecule has 0 radical (unpaired) electrons. The van der Waals surface area contributed by atoms with Crippen molar-refractivity contribution in [1.82, 2.24) is 5.32 Å². The molecule has 1 aliphatic rings. The highest BCUT2D eigenvalue weighted by Crippen LogP contribution is 2.23. The number of carbonyl (C=O) groups excluding carboxylic acids is 3. The summed E-state index contributed by atoms with van der Waals surface area (Å²) in [6, 6.07) is 14.4. The number of ether oxygens (including phenoxy) is 1. The number of amides is 3. The van der Waals surface area contributed by atoms with Crippen LogP contribution >= 0.6 is 0 Å². The third kappa shape index (κ3) is 3.60. The first kappa shape index (κ1) is 15.7. The molecule has 3 rings (SSSR count). The summed E-state index contributed by atoms with van der Waals surface area (Å²) >= 11 is 0. The van der Waals surface area contributed by atoms with Crippen molar-refractivity contribution in [3.05, 3.63) is 65.2 Å². The molecule has 2 N–H and O–H groups in total. The summed E-state index contributed by atoms with van der Waals surface area (Å²) in [4.78, 5) is 34.6. The standard InChI is InChI=1S/C18H16N2O4/c1-11-2-4-12(5-3-11)10-15(21)19-14-8-6-13(7-9-14)16-17(22)20-18(23)24-16/h2-9,16H,10H2,1H3,(H,19,21)(H,20,22,23). The van der Waals surface area contributed by atoms with Crippen molar-refractivity contribution in [3.63, 3.8) is 0 Å². The average Bonchev–Trinajstić information content (AvgIpc) is 2.89. The van der Waals surface area contributed by atoms with E-state index in [1.807, 2.05) is 31.2 Å². The zero-order valence-corrected chi connectivity index (χ0v) is 13.0. The lowest BCUT2D eigenvalue weighted by atomic mass is 10.1. The Hall–Kier alpha value is -3.15. The van der Waals surface area contributed by atoms with E-state index in [-0.39, 0.29) is 12.3 Å². The second-order valence-corrected chi connectivity index (χ2v) is 5.61. The second-order valence-electron chi connectivity index (χ2n) is 5.61. The van der Waals surface area contributed by atoms with E-state index in [0.29, 0.717) is 11.3 Å². The van der Waals surface area contributed by atoms with Crippen molar-refractivity contribution in [1.29, 1.82) is 0 Å². The summed E-state index contributed by atoms with van der Waals surface area (Å²) in [5.74, 6) is -0.618. The fraction of sp³-hybridized carbons (Fsp3) is 0.167. The minimum absolute atomic E-state index is 0.128. The largest absolute Gasteiger partial charge is 0.431 e. The molecule has 1 saturated heterocycles. The van der Waals surface area contributed by atoms with Gasteiger partial charge in [-0.25, -0.2) is 4.79 Å². The molecule has 1 aliphatic heterocycles. The number of hydrogen-bond donors (Lipinski definition) is 2. The quantitative estimate of drug-likeness (QED) is 0.905. The zero-order valence-electron chi connectivity index (χ0n) is 13.0. The SMILES string of the molecule is Cc1ccc(CC(=O)Nc2ccc(C3OC(=O)NC3=O)cc2)cc1. The van der Waals surface area contributed by atoms with Crippen molar-refractivity contribution in [2.24, 2.45) is 0 Å². The molecule has 1 heterocycles. The lowest BCUT2D eigenvalue weighted by Crippen LogP contribution is -2.20. The van der Waals surface area contributed by atoms with E-state index in [4.69, 9.17) is 4.74 Å². The Kier molecular flexibility index (Phi) is 4.29. The fourth-order valence-electron chi connectivity index (χ4n) is 2.41. The molecule has 24 heavy (non-hydrogen) atoms. The number of nitrogens with one attached hydrogen (secondary N) is 2. The van der Waals surface area contributed by atoms with Gasteiger partial charge in [-0.15, -0.1) is 0 Å². The third-order valence-electron chi connectivity index (χ3n) is 3.67. The predicted octanol–water partition coefficient (Wildman–Crippen LogP) is 2.48. The number of imide groups is 1. The topological polar surface area (TPSA) is 84.5 Å². The molecular weight excluding hydrogens is 308 g/mol. The minimum Gasteiger partial charge on any atom is -0.431 e. The number of cyclic esters (lactones) is 1. The molecule has 6 heteroatoms. The molecule has 0 bridgehead atoms. The van der Waals surface area contributed by atoms with Gasteiger partial charge in [0.15, 0.2) is 0 Å². The molecule has 0 saturated carbocycles. The third-order valence-corrected chi connectivity index (χ3v) is 3.67. The first-order valence-corrected chi connectivity index (χ1v) is 7.48. The van der Waals surface area contributed by atoms with Crippen LogP contribution in [-0.4, -0.2) is 17.9 Å². The average molecular weight is 324 g/mol. The first-order chi connectivity index (χ1) is 11.5. The number of rotatable bonds is 4. The molecule has 1 unspecified atom stereocenters. The molecule has 0 aromatic heterocycles. The van der Waals surface area contributed by atoms with E-state index < -0.39 is 18.1 Å².